The summed E-state index contributed by atoms with van der Waals surface area (Å²) in [6.45, 7) is 0. The Morgan fingerprint density at radius 1 is 0.600 bits per heavy atom. The second kappa shape index (κ2) is 6.88. The summed E-state index contributed by atoms with van der Waals surface area (Å²) in [5.74, 6) is -2.35. The Morgan fingerprint density at radius 2 is 1.00 bits per heavy atom. The molecule has 0 aliphatic heterocycles. The summed E-state index contributed by atoms with van der Waals surface area (Å²) >= 11 is 0. The number of anilines is 3. The maximum atomic E-state index is 11.4. The number of carboxylic acid groups (broad SMARTS) is 2. The molecule has 3 aromatic carbocycles. The zero-order chi connectivity index (χ0) is 17.8. The predicted octanol–water partition coefficient (Wildman–Crippen LogP) is 4.55. The smallest absolute Gasteiger partial charge is 0.335 e. The van der Waals surface area contributed by atoms with Gasteiger partial charge in [-0.2, -0.15) is 0 Å². The fraction of sp³-hybridized carbons (Fsp3) is 0. The summed E-state index contributed by atoms with van der Waals surface area (Å²) in [7, 11) is 0. The van der Waals surface area contributed by atoms with E-state index in [-0.39, 0.29) is 11.1 Å². The van der Waals surface area contributed by atoms with Crippen LogP contribution in [0, 0.1) is 0 Å². The molecule has 0 aliphatic carbocycles. The highest BCUT2D eigenvalue weighted by Gasteiger charge is 2.17. The lowest BCUT2D eigenvalue weighted by Gasteiger charge is -2.26. The fourth-order valence-corrected chi connectivity index (χ4v) is 2.59. The summed E-state index contributed by atoms with van der Waals surface area (Å²) < 4.78 is 0. The molecule has 0 radical (unpaired) electrons. The van der Waals surface area contributed by atoms with E-state index >= 15 is 0 Å². The first-order valence-electron chi connectivity index (χ1n) is 7.58. The van der Waals surface area contributed by atoms with Gasteiger partial charge in [-0.05, 0) is 42.5 Å². The van der Waals surface area contributed by atoms with Crippen LogP contribution in [-0.2, 0) is 0 Å². The number of benzene rings is 3. The van der Waals surface area contributed by atoms with Gasteiger partial charge in [0, 0.05) is 17.1 Å². The highest BCUT2D eigenvalue weighted by molar-refractivity contribution is 5.96. The maximum Gasteiger partial charge on any atom is 0.335 e. The van der Waals surface area contributed by atoms with E-state index < -0.39 is 11.9 Å². The molecular formula is C20H15NO4. The van der Waals surface area contributed by atoms with Crippen LogP contribution in [0.25, 0.3) is 0 Å². The molecule has 0 unspecified atom stereocenters. The van der Waals surface area contributed by atoms with Crippen LogP contribution in [-0.4, -0.2) is 22.2 Å². The van der Waals surface area contributed by atoms with Crippen molar-refractivity contribution in [1.82, 2.24) is 0 Å². The summed E-state index contributed by atoms with van der Waals surface area (Å²) in [5.41, 5.74) is 1.91. The Balaban J connectivity index is 2.23. The van der Waals surface area contributed by atoms with Crippen molar-refractivity contribution in [3.8, 4) is 0 Å². The minimum atomic E-state index is -1.18. The molecule has 124 valence electrons. The molecule has 2 N–H and O–H groups in total. The van der Waals surface area contributed by atoms with Gasteiger partial charge in [-0.1, -0.05) is 36.4 Å². The molecule has 5 nitrogen and oxygen atoms in total. The SMILES string of the molecule is O=C(O)c1cc(C(=O)O)cc(N(c2ccccc2)c2ccccc2)c1. The lowest BCUT2D eigenvalue weighted by atomic mass is 10.1. The van der Waals surface area contributed by atoms with Gasteiger partial charge in [-0.25, -0.2) is 9.59 Å². The van der Waals surface area contributed by atoms with Crippen molar-refractivity contribution in [2.75, 3.05) is 4.90 Å². The standard InChI is InChI=1S/C20H15NO4/c22-19(23)14-11-15(20(24)25)13-18(12-14)21(16-7-3-1-4-8-16)17-9-5-2-6-10-17/h1-13H,(H,22,23)(H,24,25). The van der Waals surface area contributed by atoms with E-state index in [1.165, 1.54) is 12.1 Å². The molecule has 0 amide bonds. The average molecular weight is 333 g/mol. The van der Waals surface area contributed by atoms with Crippen LogP contribution in [0.3, 0.4) is 0 Å². The summed E-state index contributed by atoms with van der Waals surface area (Å²) in [4.78, 5) is 24.6. The van der Waals surface area contributed by atoms with Crippen molar-refractivity contribution in [3.63, 3.8) is 0 Å². The molecule has 0 saturated heterocycles. The molecule has 0 atom stereocenters. The first kappa shape index (κ1) is 16.3. The predicted molar refractivity (Wildman–Crippen MR) is 95.0 cm³/mol. The number of nitrogens with zero attached hydrogens (tertiary/aromatic N) is 1. The van der Waals surface area contributed by atoms with E-state index in [9.17, 15) is 19.8 Å². The maximum absolute atomic E-state index is 11.4. The molecule has 5 heteroatoms. The van der Waals surface area contributed by atoms with E-state index in [1.807, 2.05) is 65.6 Å². The third-order valence-electron chi connectivity index (χ3n) is 3.70. The monoisotopic (exact) mass is 333 g/mol. The van der Waals surface area contributed by atoms with E-state index in [2.05, 4.69) is 0 Å². The first-order chi connectivity index (χ1) is 12.1. The summed E-state index contributed by atoms with van der Waals surface area (Å²) in [6.07, 6.45) is 0. The molecule has 0 heterocycles. The van der Waals surface area contributed by atoms with E-state index in [0.717, 1.165) is 17.4 Å². The summed E-state index contributed by atoms with van der Waals surface area (Å²) in [5, 5.41) is 18.7. The fourth-order valence-electron chi connectivity index (χ4n) is 2.59. The second-order valence-electron chi connectivity index (χ2n) is 5.39. The zero-order valence-electron chi connectivity index (χ0n) is 13.2. The minimum absolute atomic E-state index is 0.0771. The van der Waals surface area contributed by atoms with Crippen LogP contribution >= 0.6 is 0 Å². The highest BCUT2D eigenvalue weighted by atomic mass is 16.4. The van der Waals surface area contributed by atoms with E-state index in [4.69, 9.17) is 0 Å². The van der Waals surface area contributed by atoms with Gasteiger partial charge in [0.25, 0.3) is 0 Å². The zero-order valence-corrected chi connectivity index (χ0v) is 13.2. The highest BCUT2D eigenvalue weighted by Crippen LogP contribution is 2.35. The van der Waals surface area contributed by atoms with Crippen molar-refractivity contribution in [2.45, 2.75) is 0 Å². The van der Waals surface area contributed by atoms with Crippen molar-refractivity contribution in [1.29, 1.82) is 0 Å². The van der Waals surface area contributed by atoms with Gasteiger partial charge in [0.2, 0.25) is 0 Å². The Kier molecular flexibility index (Phi) is 4.48. The number of carbonyl (C=O) groups is 2. The normalized spacial score (nSPS) is 10.2. The van der Waals surface area contributed by atoms with Crippen molar-refractivity contribution in [3.05, 3.63) is 90.0 Å². The van der Waals surface area contributed by atoms with Gasteiger partial charge in [0.1, 0.15) is 0 Å². The number of hydrogen-bond donors (Lipinski definition) is 2. The topological polar surface area (TPSA) is 77.8 Å². The minimum Gasteiger partial charge on any atom is -0.478 e. The molecule has 3 rings (SSSR count). The van der Waals surface area contributed by atoms with E-state index in [1.54, 1.807) is 0 Å². The number of aromatic carboxylic acids is 2. The van der Waals surface area contributed by atoms with Crippen LogP contribution in [0.2, 0.25) is 0 Å². The van der Waals surface area contributed by atoms with Gasteiger partial charge in [-0.15, -0.1) is 0 Å². The molecule has 0 spiro atoms. The Bertz CT molecular complexity index is 836. The lowest BCUT2D eigenvalue weighted by Crippen LogP contribution is -2.12. The average Bonchev–Trinajstić information content (AvgIpc) is 2.63. The number of rotatable bonds is 5. The molecule has 25 heavy (non-hydrogen) atoms. The van der Waals surface area contributed by atoms with Crippen LogP contribution in [0.15, 0.2) is 78.9 Å². The van der Waals surface area contributed by atoms with Crippen molar-refractivity contribution < 1.29 is 19.8 Å². The van der Waals surface area contributed by atoms with Crippen LogP contribution in [0.4, 0.5) is 17.1 Å². The molecular weight excluding hydrogens is 318 g/mol. The lowest BCUT2D eigenvalue weighted by molar-refractivity contribution is 0.0696. The second-order valence-corrected chi connectivity index (χ2v) is 5.39. The summed E-state index contributed by atoms with van der Waals surface area (Å²) in [6, 6.07) is 22.8. The van der Waals surface area contributed by atoms with Gasteiger partial charge in [-0.3, -0.25) is 0 Å². The third kappa shape index (κ3) is 3.50. The van der Waals surface area contributed by atoms with Crippen molar-refractivity contribution in [2.24, 2.45) is 0 Å². The number of hydrogen-bond acceptors (Lipinski definition) is 3. The van der Waals surface area contributed by atoms with Crippen LogP contribution in [0.5, 0.6) is 0 Å². The number of para-hydroxylation sites is 2. The van der Waals surface area contributed by atoms with Crippen molar-refractivity contribution >= 4 is 29.0 Å². The molecule has 0 bridgehead atoms. The first-order valence-corrected chi connectivity index (χ1v) is 7.58. The number of carboxylic acids is 2. The third-order valence-corrected chi connectivity index (χ3v) is 3.70. The largest absolute Gasteiger partial charge is 0.478 e. The molecule has 0 fully saturated rings. The Morgan fingerprint density at radius 3 is 1.36 bits per heavy atom. The van der Waals surface area contributed by atoms with Gasteiger partial charge in [0.05, 0.1) is 11.1 Å². The Labute approximate surface area is 144 Å². The van der Waals surface area contributed by atoms with E-state index in [0.29, 0.717) is 5.69 Å². The van der Waals surface area contributed by atoms with Crippen LogP contribution in [0.1, 0.15) is 20.7 Å². The van der Waals surface area contributed by atoms with Gasteiger partial charge >= 0.3 is 11.9 Å². The van der Waals surface area contributed by atoms with Gasteiger partial charge < -0.3 is 15.1 Å². The molecule has 0 saturated carbocycles. The van der Waals surface area contributed by atoms with Gasteiger partial charge in [0.15, 0.2) is 0 Å². The molecule has 0 aliphatic rings. The molecule has 3 aromatic rings. The Hall–Kier alpha value is -3.60. The molecule has 0 aromatic heterocycles. The quantitative estimate of drug-likeness (QED) is 0.716. The van der Waals surface area contributed by atoms with Crippen LogP contribution < -0.4 is 4.90 Å².